The third-order valence-corrected chi connectivity index (χ3v) is 8.20. The Morgan fingerprint density at radius 1 is 1.19 bits per heavy atom. The highest BCUT2D eigenvalue weighted by Crippen LogP contribution is 2.29. The van der Waals surface area contributed by atoms with Crippen molar-refractivity contribution < 1.29 is 8.42 Å². The molecule has 0 amide bonds. The van der Waals surface area contributed by atoms with Crippen LogP contribution in [0.4, 0.5) is 0 Å². The lowest BCUT2D eigenvalue weighted by Gasteiger charge is -2.16. The van der Waals surface area contributed by atoms with E-state index in [4.69, 9.17) is 16.6 Å². The minimum Gasteiger partial charge on any atom is -0.265 e. The molecular formula is C21H24ClN5O2S2. The van der Waals surface area contributed by atoms with Gasteiger partial charge < -0.3 is 0 Å². The van der Waals surface area contributed by atoms with E-state index in [1.165, 1.54) is 30.6 Å². The first kappa shape index (κ1) is 22.1. The quantitative estimate of drug-likeness (QED) is 0.582. The summed E-state index contributed by atoms with van der Waals surface area (Å²) in [4.78, 5) is 9.69. The summed E-state index contributed by atoms with van der Waals surface area (Å²) in [6.45, 7) is 0.155. The predicted octanol–water partition coefficient (Wildman–Crippen LogP) is 3.91. The van der Waals surface area contributed by atoms with Gasteiger partial charge in [0.2, 0.25) is 14.8 Å². The normalized spacial score (nSPS) is 16.0. The van der Waals surface area contributed by atoms with Gasteiger partial charge in [0.25, 0.3) is 0 Å². The smallest absolute Gasteiger partial charge is 0.242 e. The van der Waals surface area contributed by atoms with Gasteiger partial charge >= 0.3 is 0 Å². The Bertz CT molecular complexity index is 1220. The molecule has 3 aromatic rings. The molecule has 1 aromatic carbocycles. The van der Waals surface area contributed by atoms with Crippen LogP contribution < -0.4 is 9.52 Å². The van der Waals surface area contributed by atoms with Crippen LogP contribution in [-0.4, -0.2) is 29.2 Å². The molecule has 31 heavy (non-hydrogen) atoms. The van der Waals surface area contributed by atoms with Crippen molar-refractivity contribution in [3.05, 3.63) is 58.1 Å². The highest BCUT2D eigenvalue weighted by Gasteiger charge is 2.20. The maximum absolute atomic E-state index is 12.9. The monoisotopic (exact) mass is 477 g/mol. The molecule has 4 rings (SSSR count). The SMILES string of the molecule is Cn1nc(-c2ccc(Cl)c(S(=O)(=O)NCc3ccncc3)c2)sc1=NC1CCCCC1. The third kappa shape index (κ3) is 5.41. The summed E-state index contributed by atoms with van der Waals surface area (Å²) < 4.78 is 30.1. The molecule has 2 aromatic heterocycles. The van der Waals surface area contributed by atoms with Crippen molar-refractivity contribution in [1.29, 1.82) is 0 Å². The van der Waals surface area contributed by atoms with Crippen LogP contribution in [0.15, 0.2) is 52.6 Å². The van der Waals surface area contributed by atoms with Gasteiger partial charge in [-0.25, -0.2) is 17.8 Å². The van der Waals surface area contributed by atoms with Gasteiger partial charge in [-0.05, 0) is 42.7 Å². The Hall–Kier alpha value is -2.07. The van der Waals surface area contributed by atoms with Crippen LogP contribution in [-0.2, 0) is 23.6 Å². The molecule has 0 atom stereocenters. The molecule has 1 N–H and O–H groups in total. The summed E-state index contributed by atoms with van der Waals surface area (Å²) in [5.74, 6) is 0. The Morgan fingerprint density at radius 2 is 1.94 bits per heavy atom. The molecule has 1 aliphatic carbocycles. The number of hydrogen-bond acceptors (Lipinski definition) is 6. The highest BCUT2D eigenvalue weighted by atomic mass is 35.5. The van der Waals surface area contributed by atoms with E-state index in [1.54, 1.807) is 47.4 Å². The zero-order chi connectivity index (χ0) is 21.8. The minimum absolute atomic E-state index is 0.0318. The van der Waals surface area contributed by atoms with Crippen molar-refractivity contribution in [2.24, 2.45) is 12.0 Å². The maximum Gasteiger partial charge on any atom is 0.242 e. The number of rotatable bonds is 6. The molecule has 1 fully saturated rings. The van der Waals surface area contributed by atoms with E-state index < -0.39 is 10.0 Å². The van der Waals surface area contributed by atoms with Crippen LogP contribution >= 0.6 is 22.9 Å². The second-order valence-corrected chi connectivity index (χ2v) is 10.7. The summed E-state index contributed by atoms with van der Waals surface area (Å²) in [7, 11) is -1.93. The molecule has 0 saturated heterocycles. The molecule has 0 unspecified atom stereocenters. The van der Waals surface area contributed by atoms with Crippen molar-refractivity contribution in [2.75, 3.05) is 0 Å². The molecule has 7 nitrogen and oxygen atoms in total. The maximum atomic E-state index is 12.9. The molecule has 0 bridgehead atoms. The number of halogens is 1. The fourth-order valence-corrected chi connectivity index (χ4v) is 6.04. The summed E-state index contributed by atoms with van der Waals surface area (Å²) in [6.07, 6.45) is 9.18. The number of aryl methyl sites for hydroxylation is 1. The van der Waals surface area contributed by atoms with Gasteiger partial charge in [0.05, 0.1) is 11.1 Å². The summed E-state index contributed by atoms with van der Waals surface area (Å²) in [5.41, 5.74) is 1.51. The first-order valence-electron chi connectivity index (χ1n) is 10.2. The first-order valence-corrected chi connectivity index (χ1v) is 12.9. The molecule has 0 radical (unpaired) electrons. The highest BCUT2D eigenvalue weighted by molar-refractivity contribution is 7.89. The van der Waals surface area contributed by atoms with Crippen LogP contribution in [0.1, 0.15) is 37.7 Å². The van der Waals surface area contributed by atoms with E-state index in [0.717, 1.165) is 23.2 Å². The van der Waals surface area contributed by atoms with Gasteiger partial charge in [0, 0.05) is 31.5 Å². The lowest BCUT2D eigenvalue weighted by Crippen LogP contribution is -2.23. The van der Waals surface area contributed by atoms with Crippen molar-refractivity contribution in [3.8, 4) is 10.6 Å². The van der Waals surface area contributed by atoms with Crippen molar-refractivity contribution in [3.63, 3.8) is 0 Å². The van der Waals surface area contributed by atoms with E-state index in [1.807, 2.05) is 7.05 Å². The largest absolute Gasteiger partial charge is 0.265 e. The van der Waals surface area contributed by atoms with Crippen LogP contribution in [0, 0.1) is 0 Å². The molecule has 0 spiro atoms. The topological polar surface area (TPSA) is 89.2 Å². The Balaban J connectivity index is 1.60. The van der Waals surface area contributed by atoms with Gasteiger partial charge in [-0.15, -0.1) is 0 Å². The summed E-state index contributed by atoms with van der Waals surface area (Å²) >= 11 is 7.71. The first-order chi connectivity index (χ1) is 14.9. The van der Waals surface area contributed by atoms with E-state index in [2.05, 4.69) is 14.8 Å². The molecular weight excluding hydrogens is 454 g/mol. The van der Waals surface area contributed by atoms with Gasteiger partial charge in [-0.2, -0.15) is 5.10 Å². The average molecular weight is 478 g/mol. The zero-order valence-electron chi connectivity index (χ0n) is 17.2. The van der Waals surface area contributed by atoms with Crippen LogP contribution in [0.25, 0.3) is 10.6 Å². The predicted molar refractivity (Wildman–Crippen MR) is 122 cm³/mol. The third-order valence-electron chi connectivity index (χ3n) is 5.26. The van der Waals surface area contributed by atoms with Crippen LogP contribution in [0.3, 0.4) is 0 Å². The standard InChI is InChI=1S/C21H24ClN5O2S2/c1-27-21(25-17-5-3-2-4-6-17)30-20(26-27)16-7-8-18(22)19(13-16)31(28,29)24-14-15-9-11-23-12-10-15/h7-13,17,24H,2-6,14H2,1H3. The molecule has 10 heteroatoms. The van der Waals surface area contributed by atoms with Gasteiger partial charge in [-0.3, -0.25) is 9.98 Å². The molecule has 0 aliphatic heterocycles. The lowest BCUT2D eigenvalue weighted by atomic mass is 9.96. The number of sulfonamides is 1. The lowest BCUT2D eigenvalue weighted by molar-refractivity contribution is 0.434. The second-order valence-electron chi connectivity index (χ2n) is 7.56. The van der Waals surface area contributed by atoms with Crippen molar-refractivity contribution in [1.82, 2.24) is 19.5 Å². The number of nitrogens with zero attached hydrogens (tertiary/aromatic N) is 4. The van der Waals surface area contributed by atoms with Gasteiger partial charge in [-0.1, -0.05) is 48.3 Å². The minimum atomic E-state index is -3.80. The number of benzene rings is 1. The van der Waals surface area contributed by atoms with Gasteiger partial charge in [0.1, 0.15) is 9.90 Å². The Kier molecular flexibility index (Phi) is 6.86. The summed E-state index contributed by atoms with van der Waals surface area (Å²) in [6, 6.07) is 8.80. The van der Waals surface area contributed by atoms with Crippen molar-refractivity contribution in [2.45, 2.75) is 49.6 Å². The number of nitrogens with one attached hydrogen (secondary N) is 1. The van der Waals surface area contributed by atoms with E-state index in [9.17, 15) is 8.42 Å². The number of hydrogen-bond donors (Lipinski definition) is 1. The average Bonchev–Trinajstić information content (AvgIpc) is 3.14. The molecule has 164 valence electrons. The van der Waals surface area contributed by atoms with Crippen molar-refractivity contribution >= 4 is 33.0 Å². The van der Waals surface area contributed by atoms with Gasteiger partial charge in [0.15, 0.2) is 0 Å². The zero-order valence-corrected chi connectivity index (χ0v) is 19.6. The number of pyridine rings is 1. The van der Waals surface area contributed by atoms with E-state index in [-0.39, 0.29) is 16.5 Å². The molecule has 2 heterocycles. The Labute approximate surface area is 190 Å². The Morgan fingerprint density at radius 3 is 2.68 bits per heavy atom. The second kappa shape index (κ2) is 9.60. The van der Waals surface area contributed by atoms with E-state index >= 15 is 0 Å². The van der Waals surface area contributed by atoms with Crippen LogP contribution in [0.5, 0.6) is 0 Å². The number of aromatic nitrogens is 3. The molecule has 1 saturated carbocycles. The van der Waals surface area contributed by atoms with Crippen LogP contribution in [0.2, 0.25) is 5.02 Å². The fourth-order valence-electron chi connectivity index (χ4n) is 3.54. The fraction of sp³-hybridized carbons (Fsp3) is 0.381. The summed E-state index contributed by atoms with van der Waals surface area (Å²) in [5, 5.41) is 5.44. The van der Waals surface area contributed by atoms with E-state index in [0.29, 0.717) is 16.6 Å². The molecule has 1 aliphatic rings.